The highest BCUT2D eigenvalue weighted by atomic mass is 32.2. The van der Waals surface area contributed by atoms with E-state index in [4.69, 9.17) is 4.74 Å². The van der Waals surface area contributed by atoms with Gasteiger partial charge in [-0.1, -0.05) is 12.1 Å². The van der Waals surface area contributed by atoms with Crippen molar-refractivity contribution in [3.63, 3.8) is 0 Å². The first-order valence-corrected chi connectivity index (χ1v) is 12.6. The van der Waals surface area contributed by atoms with Crippen molar-refractivity contribution in [2.24, 2.45) is 0 Å². The SMILES string of the molecule is C[C@@H](NC(=O)OC(C)(C)C)C(=O)N1CCCN(S(=O)(=O)c2cccc3cncc(F)c23)[C@@H](C)C1. The zero-order chi connectivity index (χ0) is 25.3. The summed E-state index contributed by atoms with van der Waals surface area (Å²) in [6.45, 7) is 9.07. The van der Waals surface area contributed by atoms with Crippen LogP contribution in [0.25, 0.3) is 10.8 Å². The molecule has 0 aliphatic carbocycles. The first-order valence-electron chi connectivity index (χ1n) is 11.1. The molecule has 0 saturated carbocycles. The molecule has 2 atom stereocenters. The molecule has 3 rings (SSSR count). The molecule has 1 aromatic heterocycles. The summed E-state index contributed by atoms with van der Waals surface area (Å²) in [5, 5.41) is 2.92. The number of rotatable bonds is 4. The number of carbonyl (C=O) groups excluding carboxylic acids is 2. The van der Waals surface area contributed by atoms with Crippen molar-refractivity contribution in [1.29, 1.82) is 0 Å². The van der Waals surface area contributed by atoms with Gasteiger partial charge >= 0.3 is 6.09 Å². The molecule has 2 aromatic rings. The number of sulfonamides is 1. The molecule has 0 unspecified atom stereocenters. The first-order chi connectivity index (χ1) is 15.8. The molecular formula is C23H31FN4O5S. The molecule has 1 aliphatic rings. The topological polar surface area (TPSA) is 109 Å². The molecular weight excluding hydrogens is 463 g/mol. The average molecular weight is 495 g/mol. The fourth-order valence-corrected chi connectivity index (χ4v) is 5.90. The fourth-order valence-electron chi connectivity index (χ4n) is 4.02. The molecule has 0 spiro atoms. The second-order valence-corrected chi connectivity index (χ2v) is 11.3. The number of ether oxygens (including phenoxy) is 1. The van der Waals surface area contributed by atoms with Crippen LogP contribution in [-0.2, 0) is 19.6 Å². The summed E-state index contributed by atoms with van der Waals surface area (Å²) in [5.74, 6) is -1.04. The minimum absolute atomic E-state index is 0.00272. The van der Waals surface area contributed by atoms with E-state index in [2.05, 4.69) is 10.3 Å². The van der Waals surface area contributed by atoms with Gasteiger partial charge in [-0.05, 0) is 47.1 Å². The summed E-state index contributed by atoms with van der Waals surface area (Å²) in [5.41, 5.74) is -0.698. The van der Waals surface area contributed by atoms with Gasteiger partial charge in [-0.25, -0.2) is 17.6 Å². The van der Waals surface area contributed by atoms with E-state index in [0.29, 0.717) is 18.4 Å². The number of benzene rings is 1. The lowest BCUT2D eigenvalue weighted by molar-refractivity contribution is -0.133. The molecule has 1 N–H and O–H groups in total. The Bertz CT molecular complexity index is 1180. The van der Waals surface area contributed by atoms with Crippen molar-refractivity contribution in [3.8, 4) is 0 Å². The van der Waals surface area contributed by atoms with Crippen LogP contribution in [0.5, 0.6) is 0 Å². The molecule has 0 radical (unpaired) electrons. The van der Waals surface area contributed by atoms with Crippen LogP contribution in [0.3, 0.4) is 0 Å². The Labute approximate surface area is 199 Å². The largest absolute Gasteiger partial charge is 0.444 e. The van der Waals surface area contributed by atoms with Gasteiger partial charge in [0.2, 0.25) is 15.9 Å². The Morgan fingerprint density at radius 1 is 1.24 bits per heavy atom. The Kier molecular flexibility index (Phi) is 7.47. The quantitative estimate of drug-likeness (QED) is 0.700. The molecule has 0 bridgehead atoms. The van der Waals surface area contributed by atoms with Gasteiger partial charge in [0.1, 0.15) is 11.6 Å². The predicted molar refractivity (Wildman–Crippen MR) is 125 cm³/mol. The number of halogens is 1. The number of pyridine rings is 1. The van der Waals surface area contributed by atoms with E-state index in [9.17, 15) is 22.4 Å². The fraction of sp³-hybridized carbons (Fsp3) is 0.522. The summed E-state index contributed by atoms with van der Waals surface area (Å²) in [7, 11) is -4.05. The van der Waals surface area contributed by atoms with Crippen LogP contribution in [0.1, 0.15) is 41.0 Å². The maximum atomic E-state index is 14.5. The minimum Gasteiger partial charge on any atom is -0.444 e. The summed E-state index contributed by atoms with van der Waals surface area (Å²) in [4.78, 5) is 30.2. The van der Waals surface area contributed by atoms with Crippen LogP contribution in [0, 0.1) is 5.82 Å². The number of hydrogen-bond donors (Lipinski definition) is 1. The van der Waals surface area contributed by atoms with E-state index in [-0.39, 0.29) is 29.3 Å². The van der Waals surface area contributed by atoms with Gasteiger partial charge in [0.25, 0.3) is 0 Å². The second-order valence-electron chi connectivity index (χ2n) is 9.45. The van der Waals surface area contributed by atoms with Crippen LogP contribution in [0.15, 0.2) is 35.5 Å². The third kappa shape index (κ3) is 5.64. The van der Waals surface area contributed by atoms with Crippen LogP contribution < -0.4 is 5.32 Å². The van der Waals surface area contributed by atoms with E-state index in [0.717, 1.165) is 6.20 Å². The second kappa shape index (κ2) is 9.83. The molecule has 2 amide bonds. The molecule has 1 fully saturated rings. The van der Waals surface area contributed by atoms with Crippen LogP contribution in [-0.4, -0.2) is 71.9 Å². The van der Waals surface area contributed by atoms with E-state index >= 15 is 0 Å². The van der Waals surface area contributed by atoms with Crippen molar-refractivity contribution in [1.82, 2.24) is 19.5 Å². The summed E-state index contributed by atoms with van der Waals surface area (Å²) in [6, 6.07) is 3.14. The number of carbonyl (C=O) groups is 2. The summed E-state index contributed by atoms with van der Waals surface area (Å²) in [6.07, 6.45) is 2.10. The zero-order valence-corrected chi connectivity index (χ0v) is 20.9. The third-order valence-electron chi connectivity index (χ3n) is 5.48. The van der Waals surface area contributed by atoms with Crippen molar-refractivity contribution in [2.45, 2.75) is 63.6 Å². The minimum atomic E-state index is -4.05. The van der Waals surface area contributed by atoms with E-state index in [1.807, 2.05) is 0 Å². The van der Waals surface area contributed by atoms with Gasteiger partial charge in [0.05, 0.1) is 11.1 Å². The zero-order valence-electron chi connectivity index (χ0n) is 20.0. The van der Waals surface area contributed by atoms with Crippen LogP contribution in [0.2, 0.25) is 0 Å². The maximum absolute atomic E-state index is 14.5. The number of nitrogens with zero attached hydrogens (tertiary/aromatic N) is 3. The van der Waals surface area contributed by atoms with E-state index < -0.39 is 39.6 Å². The molecule has 2 heterocycles. The van der Waals surface area contributed by atoms with Gasteiger partial charge in [-0.3, -0.25) is 9.78 Å². The predicted octanol–water partition coefficient (Wildman–Crippen LogP) is 2.90. The van der Waals surface area contributed by atoms with Gasteiger partial charge in [-0.2, -0.15) is 4.31 Å². The Morgan fingerprint density at radius 2 is 1.94 bits per heavy atom. The maximum Gasteiger partial charge on any atom is 0.408 e. The number of alkyl carbamates (subject to hydrolysis) is 1. The molecule has 186 valence electrons. The average Bonchev–Trinajstić information content (AvgIpc) is 2.93. The highest BCUT2D eigenvalue weighted by molar-refractivity contribution is 7.89. The summed E-state index contributed by atoms with van der Waals surface area (Å²) >= 11 is 0. The Hall–Kier alpha value is -2.79. The highest BCUT2D eigenvalue weighted by Crippen LogP contribution is 2.29. The van der Waals surface area contributed by atoms with Crippen molar-refractivity contribution >= 4 is 32.8 Å². The monoisotopic (exact) mass is 494 g/mol. The molecule has 9 nitrogen and oxygen atoms in total. The van der Waals surface area contributed by atoms with E-state index in [1.54, 1.807) is 46.8 Å². The lowest BCUT2D eigenvalue weighted by atomic mass is 10.2. The number of nitrogens with one attached hydrogen (secondary N) is 1. The Morgan fingerprint density at radius 3 is 2.62 bits per heavy atom. The van der Waals surface area contributed by atoms with Crippen molar-refractivity contribution in [3.05, 3.63) is 36.4 Å². The highest BCUT2D eigenvalue weighted by Gasteiger charge is 2.36. The number of fused-ring (bicyclic) bond motifs is 1. The van der Waals surface area contributed by atoms with Crippen LogP contribution in [0.4, 0.5) is 9.18 Å². The first kappa shape index (κ1) is 25.8. The number of amides is 2. The summed E-state index contributed by atoms with van der Waals surface area (Å²) < 4.78 is 48.2. The van der Waals surface area contributed by atoms with Crippen molar-refractivity contribution in [2.75, 3.05) is 19.6 Å². The van der Waals surface area contributed by atoms with Gasteiger partial charge in [0.15, 0.2) is 5.82 Å². The molecule has 11 heteroatoms. The standard InChI is InChI=1S/C23H31FN4O5S/c1-15-14-27(21(29)16(2)26-22(30)33-23(3,4)5)10-7-11-28(15)34(31,32)19-9-6-8-17-12-25-13-18(24)20(17)19/h6,8-9,12-13,15-16H,7,10-11,14H2,1-5H3,(H,26,30)/t15-,16+/m0/s1. The molecule has 34 heavy (non-hydrogen) atoms. The smallest absolute Gasteiger partial charge is 0.408 e. The van der Waals surface area contributed by atoms with E-state index in [1.165, 1.54) is 21.5 Å². The normalized spacial score (nSPS) is 18.9. The third-order valence-corrected chi connectivity index (χ3v) is 7.54. The van der Waals surface area contributed by atoms with Crippen molar-refractivity contribution < 1.29 is 27.1 Å². The molecule has 1 saturated heterocycles. The Balaban J connectivity index is 1.79. The number of hydrogen-bond acceptors (Lipinski definition) is 6. The van der Waals surface area contributed by atoms with Gasteiger partial charge in [-0.15, -0.1) is 0 Å². The lowest BCUT2D eigenvalue weighted by Gasteiger charge is -2.30. The molecule has 1 aliphatic heterocycles. The molecule has 1 aromatic carbocycles. The van der Waals surface area contributed by atoms with Crippen LogP contribution >= 0.6 is 0 Å². The lowest BCUT2D eigenvalue weighted by Crippen LogP contribution is -2.50. The van der Waals surface area contributed by atoms with Gasteiger partial charge in [0, 0.05) is 42.6 Å². The number of aromatic nitrogens is 1. The van der Waals surface area contributed by atoms with Gasteiger partial charge < -0.3 is 15.0 Å².